The van der Waals surface area contributed by atoms with Crippen molar-refractivity contribution in [3.05, 3.63) is 35.9 Å². The Labute approximate surface area is 134 Å². The van der Waals surface area contributed by atoms with Gasteiger partial charge in [0, 0.05) is 5.92 Å². The molecule has 1 aliphatic carbocycles. The molecule has 0 unspecified atom stereocenters. The average Bonchev–Trinajstić information content (AvgIpc) is 2.99. The monoisotopic (exact) mass is 316 g/mol. The lowest BCUT2D eigenvalue weighted by atomic mass is 10.2. The largest absolute Gasteiger partial charge is 0.467 e. The van der Waals surface area contributed by atoms with Crippen LogP contribution in [0.3, 0.4) is 0 Å². The van der Waals surface area contributed by atoms with E-state index in [1.54, 1.807) is 6.26 Å². The van der Waals surface area contributed by atoms with Crippen molar-refractivity contribution in [1.82, 2.24) is 20.4 Å². The molecule has 1 amide bonds. The van der Waals surface area contributed by atoms with Crippen LogP contribution in [0.1, 0.15) is 49.1 Å². The number of aromatic nitrogens is 2. The summed E-state index contributed by atoms with van der Waals surface area (Å²) >= 11 is 0. The second-order valence-corrected chi connectivity index (χ2v) is 6.23. The van der Waals surface area contributed by atoms with Gasteiger partial charge in [0.05, 0.1) is 25.4 Å². The highest BCUT2D eigenvalue weighted by Crippen LogP contribution is 2.39. The van der Waals surface area contributed by atoms with E-state index in [1.807, 2.05) is 12.1 Å². The zero-order valence-electron chi connectivity index (χ0n) is 12.9. The number of carbonyl (C=O) groups is 1. The minimum Gasteiger partial charge on any atom is -0.467 e. The molecule has 2 aromatic rings. The Kier molecular flexibility index (Phi) is 3.87. The van der Waals surface area contributed by atoms with Crippen molar-refractivity contribution in [2.75, 3.05) is 6.54 Å². The number of nitrogens with zero attached hydrogens (tertiary/aromatic N) is 3. The number of hydrogen-bond donors (Lipinski definition) is 1. The van der Waals surface area contributed by atoms with Crippen molar-refractivity contribution in [3.8, 4) is 0 Å². The number of likely N-dealkylation sites (tertiary alicyclic amines) is 1. The number of carbonyl (C=O) groups excluding carboxylic acids is 1. The van der Waals surface area contributed by atoms with Gasteiger partial charge in [-0.2, -0.15) is 0 Å². The summed E-state index contributed by atoms with van der Waals surface area (Å²) in [5, 5.41) is 11.2. The first-order valence-corrected chi connectivity index (χ1v) is 8.16. The van der Waals surface area contributed by atoms with E-state index in [1.165, 1.54) is 0 Å². The van der Waals surface area contributed by atoms with Gasteiger partial charge in [-0.15, -0.1) is 10.2 Å². The normalized spacial score (nSPS) is 21.7. The summed E-state index contributed by atoms with van der Waals surface area (Å²) in [6.07, 6.45) is 5.75. The van der Waals surface area contributed by atoms with Crippen molar-refractivity contribution in [1.29, 1.82) is 0 Å². The number of furan rings is 1. The molecule has 7 heteroatoms. The molecule has 0 spiro atoms. The van der Waals surface area contributed by atoms with Crippen LogP contribution in [-0.4, -0.2) is 33.6 Å². The van der Waals surface area contributed by atoms with Crippen LogP contribution in [0.2, 0.25) is 0 Å². The fourth-order valence-electron chi connectivity index (χ4n) is 3.02. The number of rotatable bonds is 6. The molecule has 2 aromatic heterocycles. The van der Waals surface area contributed by atoms with Gasteiger partial charge in [-0.3, -0.25) is 9.69 Å². The van der Waals surface area contributed by atoms with Gasteiger partial charge in [0.15, 0.2) is 0 Å². The lowest BCUT2D eigenvalue weighted by Crippen LogP contribution is -2.42. The van der Waals surface area contributed by atoms with Gasteiger partial charge in [0.25, 0.3) is 0 Å². The van der Waals surface area contributed by atoms with E-state index in [-0.39, 0.29) is 11.9 Å². The molecule has 1 saturated carbocycles. The van der Waals surface area contributed by atoms with E-state index in [2.05, 4.69) is 20.4 Å². The van der Waals surface area contributed by atoms with Crippen LogP contribution >= 0.6 is 0 Å². The highest BCUT2D eigenvalue weighted by molar-refractivity contribution is 5.81. The van der Waals surface area contributed by atoms with Crippen LogP contribution < -0.4 is 5.32 Å². The fraction of sp³-hybridized carbons (Fsp3) is 0.562. The molecule has 0 radical (unpaired) electrons. The molecule has 1 saturated heterocycles. The first-order valence-electron chi connectivity index (χ1n) is 8.16. The molecular formula is C16H20N4O3. The highest BCUT2D eigenvalue weighted by Gasteiger charge is 2.33. The van der Waals surface area contributed by atoms with Crippen molar-refractivity contribution in [2.45, 2.75) is 50.7 Å². The maximum atomic E-state index is 12.4. The lowest BCUT2D eigenvalue weighted by Gasteiger charge is -2.21. The Morgan fingerprint density at radius 3 is 3.04 bits per heavy atom. The Morgan fingerprint density at radius 2 is 2.26 bits per heavy atom. The average molecular weight is 316 g/mol. The Balaban J connectivity index is 1.34. The van der Waals surface area contributed by atoms with E-state index in [9.17, 15) is 4.79 Å². The molecule has 3 heterocycles. The van der Waals surface area contributed by atoms with Gasteiger partial charge < -0.3 is 14.2 Å². The van der Waals surface area contributed by atoms with Crippen molar-refractivity contribution < 1.29 is 13.6 Å². The summed E-state index contributed by atoms with van der Waals surface area (Å²) in [5.74, 6) is 2.60. The molecule has 1 atom stereocenters. The Hall–Kier alpha value is -2.15. The van der Waals surface area contributed by atoms with Gasteiger partial charge in [0.2, 0.25) is 17.7 Å². The minimum atomic E-state index is -0.138. The minimum absolute atomic E-state index is 0.0285. The summed E-state index contributed by atoms with van der Waals surface area (Å²) in [6, 6.07) is 3.53. The van der Waals surface area contributed by atoms with Gasteiger partial charge in [-0.05, 0) is 44.4 Å². The molecule has 0 aromatic carbocycles. The number of amides is 1. The van der Waals surface area contributed by atoms with Crippen LogP contribution in [0.25, 0.3) is 0 Å². The summed E-state index contributed by atoms with van der Waals surface area (Å²) in [6.45, 7) is 1.83. The van der Waals surface area contributed by atoms with Crippen LogP contribution in [0.15, 0.2) is 27.2 Å². The van der Waals surface area contributed by atoms with Gasteiger partial charge in [-0.25, -0.2) is 0 Å². The van der Waals surface area contributed by atoms with E-state index in [0.29, 0.717) is 24.9 Å². The molecule has 122 valence electrons. The third kappa shape index (κ3) is 3.29. The first kappa shape index (κ1) is 14.4. The van der Waals surface area contributed by atoms with E-state index >= 15 is 0 Å². The van der Waals surface area contributed by atoms with E-state index in [4.69, 9.17) is 8.83 Å². The smallest absolute Gasteiger partial charge is 0.237 e. The summed E-state index contributed by atoms with van der Waals surface area (Å²) in [4.78, 5) is 14.5. The summed E-state index contributed by atoms with van der Waals surface area (Å²) in [7, 11) is 0. The molecule has 23 heavy (non-hydrogen) atoms. The second-order valence-electron chi connectivity index (χ2n) is 6.23. The Morgan fingerprint density at radius 1 is 1.35 bits per heavy atom. The van der Waals surface area contributed by atoms with Gasteiger partial charge in [0.1, 0.15) is 5.76 Å². The van der Waals surface area contributed by atoms with Crippen LogP contribution in [0, 0.1) is 0 Å². The zero-order valence-corrected chi connectivity index (χ0v) is 12.9. The number of hydrogen-bond acceptors (Lipinski definition) is 6. The molecule has 4 rings (SSSR count). The molecular weight excluding hydrogens is 296 g/mol. The zero-order chi connectivity index (χ0) is 15.6. The maximum absolute atomic E-state index is 12.4. The molecule has 2 aliphatic rings. The standard InChI is InChI=1S/C16H20N4O3/c21-15(17-9-12-3-2-8-22-12)13-4-1-7-20(13)10-14-18-19-16(23-14)11-5-6-11/h2-3,8,11,13H,1,4-7,9-10H2,(H,17,21)/t13-/m0/s1. The number of nitrogens with one attached hydrogen (secondary N) is 1. The molecule has 1 aliphatic heterocycles. The molecule has 2 fully saturated rings. The quantitative estimate of drug-likeness (QED) is 0.875. The van der Waals surface area contributed by atoms with E-state index in [0.717, 1.165) is 43.9 Å². The van der Waals surface area contributed by atoms with Crippen molar-refractivity contribution >= 4 is 5.91 Å². The Bertz CT molecular complexity index is 663. The third-order valence-electron chi connectivity index (χ3n) is 4.43. The fourth-order valence-corrected chi connectivity index (χ4v) is 3.02. The topological polar surface area (TPSA) is 84.4 Å². The molecule has 0 bridgehead atoms. The predicted molar refractivity (Wildman–Crippen MR) is 80.3 cm³/mol. The van der Waals surface area contributed by atoms with Crippen molar-refractivity contribution in [2.24, 2.45) is 0 Å². The molecule has 1 N–H and O–H groups in total. The van der Waals surface area contributed by atoms with Crippen molar-refractivity contribution in [3.63, 3.8) is 0 Å². The van der Waals surface area contributed by atoms with Gasteiger partial charge >= 0.3 is 0 Å². The summed E-state index contributed by atoms with van der Waals surface area (Å²) < 4.78 is 10.9. The van der Waals surface area contributed by atoms with E-state index < -0.39 is 0 Å². The second kappa shape index (κ2) is 6.16. The van der Waals surface area contributed by atoms with Gasteiger partial charge in [-0.1, -0.05) is 0 Å². The lowest BCUT2D eigenvalue weighted by molar-refractivity contribution is -0.126. The predicted octanol–water partition coefficient (Wildman–Crippen LogP) is 1.82. The van der Waals surface area contributed by atoms with Crippen LogP contribution in [0.4, 0.5) is 0 Å². The summed E-state index contributed by atoms with van der Waals surface area (Å²) in [5.41, 5.74) is 0. The van der Waals surface area contributed by atoms with Crippen LogP contribution in [0.5, 0.6) is 0 Å². The van der Waals surface area contributed by atoms with Crippen LogP contribution in [-0.2, 0) is 17.9 Å². The SMILES string of the molecule is O=C(NCc1ccco1)[C@@H]1CCCN1Cc1nnc(C2CC2)o1. The third-order valence-corrected chi connectivity index (χ3v) is 4.43. The maximum Gasteiger partial charge on any atom is 0.237 e. The first-order chi connectivity index (χ1) is 11.3. The highest BCUT2D eigenvalue weighted by atomic mass is 16.4. The molecule has 7 nitrogen and oxygen atoms in total.